The van der Waals surface area contributed by atoms with Crippen molar-refractivity contribution >= 4 is 15.9 Å². The minimum absolute atomic E-state index is 0.0119. The van der Waals surface area contributed by atoms with Crippen molar-refractivity contribution in [3.8, 4) is 0 Å². The molecule has 0 fully saturated rings. The zero-order chi connectivity index (χ0) is 12.6. The highest BCUT2D eigenvalue weighted by Crippen LogP contribution is 2.34. The summed E-state index contributed by atoms with van der Waals surface area (Å²) < 4.78 is 72.9. The molecule has 0 aliphatic rings. The Labute approximate surface area is 95.4 Å². The normalized spacial score (nSPS) is 12.9. The molecule has 0 radical (unpaired) electrons. The van der Waals surface area contributed by atoms with Gasteiger partial charge in [0.1, 0.15) is 0 Å². The number of hydrogen-bond acceptors (Lipinski definition) is 0. The summed E-state index contributed by atoms with van der Waals surface area (Å²) in [5.41, 5.74) is -1.52. The Morgan fingerprint density at radius 1 is 1.00 bits per heavy atom. The third kappa shape index (κ3) is 3.70. The van der Waals surface area contributed by atoms with Gasteiger partial charge in [-0.15, -0.1) is 0 Å². The Kier molecular flexibility index (Phi) is 3.56. The van der Waals surface area contributed by atoms with E-state index in [0.717, 1.165) is 12.1 Å². The zero-order valence-corrected chi connectivity index (χ0v) is 9.17. The second-order valence-corrected chi connectivity index (χ2v) is 3.95. The fraction of sp³-hybridized carbons (Fsp3) is 0.333. The zero-order valence-electron chi connectivity index (χ0n) is 7.58. The third-order valence-corrected chi connectivity index (χ3v) is 2.54. The number of hydrogen-bond donors (Lipinski definition) is 0. The summed E-state index contributed by atoms with van der Waals surface area (Å²) in [6.07, 6.45) is -10.6. The van der Waals surface area contributed by atoms with Crippen LogP contribution in [0.1, 0.15) is 11.1 Å². The van der Waals surface area contributed by atoms with Gasteiger partial charge < -0.3 is 0 Å². The molecule has 0 saturated heterocycles. The lowest BCUT2D eigenvalue weighted by atomic mass is 10.1. The van der Waals surface area contributed by atoms with Crippen molar-refractivity contribution in [2.24, 2.45) is 0 Å². The van der Waals surface area contributed by atoms with Gasteiger partial charge >= 0.3 is 12.4 Å². The highest BCUT2D eigenvalue weighted by molar-refractivity contribution is 9.10. The van der Waals surface area contributed by atoms with E-state index in [4.69, 9.17) is 0 Å². The van der Waals surface area contributed by atoms with Gasteiger partial charge in [0.25, 0.3) is 0 Å². The summed E-state index contributed by atoms with van der Waals surface area (Å²) in [4.78, 5) is 0. The summed E-state index contributed by atoms with van der Waals surface area (Å²) in [5, 5.41) is 0. The average Bonchev–Trinajstić information content (AvgIpc) is 2.04. The number of rotatable bonds is 1. The predicted octanol–water partition coefficient (Wildman–Crippen LogP) is 4.57. The lowest BCUT2D eigenvalue weighted by Crippen LogP contribution is -2.13. The molecule has 0 atom stereocenters. The lowest BCUT2D eigenvalue weighted by Gasteiger charge is -2.12. The molecule has 0 N–H and O–H groups in total. The van der Waals surface area contributed by atoms with Crippen molar-refractivity contribution in [3.05, 3.63) is 33.8 Å². The smallest absolute Gasteiger partial charge is 0.171 e. The molecule has 0 nitrogen and oxygen atoms in total. The maximum atomic E-state index is 12.2. The molecular weight excluding hydrogens is 302 g/mol. The minimum atomic E-state index is -4.64. The van der Waals surface area contributed by atoms with Crippen LogP contribution in [0.4, 0.5) is 26.3 Å². The van der Waals surface area contributed by atoms with Crippen LogP contribution in [0.3, 0.4) is 0 Å². The second-order valence-electron chi connectivity index (χ2n) is 3.10. The first-order chi connectivity index (χ1) is 7.09. The molecule has 0 aromatic heterocycles. The van der Waals surface area contributed by atoms with Crippen LogP contribution in [0.5, 0.6) is 0 Å². The lowest BCUT2D eigenvalue weighted by molar-refractivity contribution is -0.138. The third-order valence-electron chi connectivity index (χ3n) is 1.76. The average molecular weight is 307 g/mol. The van der Waals surface area contributed by atoms with Crippen LogP contribution in [-0.2, 0) is 12.6 Å². The molecule has 1 aromatic rings. The molecular formula is C9H5BrF6. The highest BCUT2D eigenvalue weighted by atomic mass is 79.9. The van der Waals surface area contributed by atoms with Crippen LogP contribution in [-0.4, -0.2) is 6.18 Å². The summed E-state index contributed by atoms with van der Waals surface area (Å²) in [6.45, 7) is 0. The van der Waals surface area contributed by atoms with E-state index in [1.165, 1.54) is 0 Å². The van der Waals surface area contributed by atoms with E-state index in [0.29, 0.717) is 6.07 Å². The molecule has 0 aliphatic heterocycles. The van der Waals surface area contributed by atoms with E-state index in [9.17, 15) is 26.3 Å². The molecule has 1 rings (SSSR count). The van der Waals surface area contributed by atoms with Crippen molar-refractivity contribution in [2.75, 3.05) is 0 Å². The van der Waals surface area contributed by atoms with Gasteiger partial charge in [-0.05, 0) is 23.8 Å². The maximum Gasteiger partial charge on any atom is 0.416 e. The monoisotopic (exact) mass is 306 g/mol. The van der Waals surface area contributed by atoms with Gasteiger partial charge in [-0.1, -0.05) is 15.9 Å². The van der Waals surface area contributed by atoms with Gasteiger partial charge in [0.05, 0.1) is 12.0 Å². The second kappa shape index (κ2) is 4.27. The molecule has 0 unspecified atom stereocenters. The highest BCUT2D eigenvalue weighted by Gasteiger charge is 2.33. The first kappa shape index (κ1) is 13.3. The van der Waals surface area contributed by atoms with Gasteiger partial charge in [-0.2, -0.15) is 26.3 Å². The standard InChI is InChI=1S/C9H5BrF6/c10-7-2-1-6(9(14,15)16)3-5(7)4-8(11,12)13/h1-3H,4H2. The van der Waals surface area contributed by atoms with Crippen LogP contribution < -0.4 is 0 Å². The van der Waals surface area contributed by atoms with Gasteiger partial charge in [-0.25, -0.2) is 0 Å². The van der Waals surface area contributed by atoms with Crippen molar-refractivity contribution in [2.45, 2.75) is 18.8 Å². The molecule has 0 bridgehead atoms. The SMILES string of the molecule is FC(F)(F)Cc1cc(C(F)(F)F)ccc1Br. The molecule has 0 amide bonds. The fourth-order valence-electron chi connectivity index (χ4n) is 1.10. The Morgan fingerprint density at radius 3 is 2.00 bits per heavy atom. The number of benzene rings is 1. The number of halogens is 7. The first-order valence-electron chi connectivity index (χ1n) is 4.02. The van der Waals surface area contributed by atoms with E-state index in [1.807, 2.05) is 0 Å². The van der Waals surface area contributed by atoms with E-state index in [-0.39, 0.29) is 4.47 Å². The van der Waals surface area contributed by atoms with Gasteiger partial charge in [0.2, 0.25) is 0 Å². The molecule has 0 heterocycles. The van der Waals surface area contributed by atoms with Crippen LogP contribution in [0.25, 0.3) is 0 Å². The van der Waals surface area contributed by atoms with Crippen molar-refractivity contribution < 1.29 is 26.3 Å². The largest absolute Gasteiger partial charge is 0.416 e. The van der Waals surface area contributed by atoms with E-state index >= 15 is 0 Å². The molecule has 1 aromatic carbocycles. The summed E-state index contributed by atoms with van der Waals surface area (Å²) in [5.74, 6) is 0. The Balaban J connectivity index is 3.10. The van der Waals surface area contributed by atoms with Crippen molar-refractivity contribution in [1.82, 2.24) is 0 Å². The minimum Gasteiger partial charge on any atom is -0.171 e. The van der Waals surface area contributed by atoms with Crippen LogP contribution >= 0.6 is 15.9 Å². The molecule has 90 valence electrons. The van der Waals surface area contributed by atoms with Gasteiger partial charge in [0, 0.05) is 4.47 Å². The van der Waals surface area contributed by atoms with Crippen LogP contribution in [0, 0.1) is 0 Å². The van der Waals surface area contributed by atoms with E-state index in [1.54, 1.807) is 0 Å². The summed E-state index contributed by atoms with van der Waals surface area (Å²) in [6, 6.07) is 2.19. The van der Waals surface area contributed by atoms with Crippen LogP contribution in [0.2, 0.25) is 0 Å². The van der Waals surface area contributed by atoms with Crippen molar-refractivity contribution in [1.29, 1.82) is 0 Å². The summed E-state index contributed by atoms with van der Waals surface area (Å²) in [7, 11) is 0. The summed E-state index contributed by atoms with van der Waals surface area (Å²) >= 11 is 2.78. The topological polar surface area (TPSA) is 0 Å². The molecule has 0 spiro atoms. The fourth-order valence-corrected chi connectivity index (χ4v) is 1.49. The molecule has 7 heteroatoms. The number of alkyl halides is 6. The van der Waals surface area contributed by atoms with E-state index in [2.05, 4.69) is 15.9 Å². The van der Waals surface area contributed by atoms with Crippen molar-refractivity contribution in [3.63, 3.8) is 0 Å². The predicted molar refractivity (Wildman–Crippen MR) is 48.9 cm³/mol. The Hall–Kier alpha value is -0.720. The van der Waals surface area contributed by atoms with Gasteiger partial charge in [0.15, 0.2) is 0 Å². The Bertz CT molecular complexity index is 379. The van der Waals surface area contributed by atoms with Crippen LogP contribution in [0.15, 0.2) is 22.7 Å². The maximum absolute atomic E-state index is 12.2. The quantitative estimate of drug-likeness (QED) is 0.667. The first-order valence-corrected chi connectivity index (χ1v) is 4.81. The molecule has 16 heavy (non-hydrogen) atoms. The molecule has 0 saturated carbocycles. The van der Waals surface area contributed by atoms with E-state index < -0.39 is 29.9 Å². The molecule has 0 aliphatic carbocycles. The Morgan fingerprint density at radius 2 is 1.56 bits per heavy atom. The van der Waals surface area contributed by atoms with Gasteiger partial charge in [-0.3, -0.25) is 0 Å².